The zero-order valence-corrected chi connectivity index (χ0v) is 21.7. The molecule has 2 N–H and O–H groups in total. The second-order valence-electron chi connectivity index (χ2n) is 8.69. The molecular formula is C29H26ClN3O5. The van der Waals surface area contributed by atoms with E-state index in [1.165, 1.54) is 0 Å². The molecular weight excluding hydrogens is 506 g/mol. The molecule has 0 saturated carbocycles. The van der Waals surface area contributed by atoms with Crippen molar-refractivity contribution in [1.29, 1.82) is 0 Å². The number of imide groups is 1. The Balaban J connectivity index is 1.38. The van der Waals surface area contributed by atoms with Crippen molar-refractivity contribution in [3.63, 3.8) is 0 Å². The van der Waals surface area contributed by atoms with Gasteiger partial charge in [0.05, 0.1) is 17.9 Å². The van der Waals surface area contributed by atoms with Gasteiger partial charge in [0.25, 0.3) is 17.7 Å². The molecule has 0 aliphatic carbocycles. The lowest BCUT2D eigenvalue weighted by Gasteiger charge is -2.15. The number of halogens is 1. The molecule has 0 atom stereocenters. The number of nitrogens with one attached hydrogen (secondary N) is 2. The van der Waals surface area contributed by atoms with Gasteiger partial charge in [-0.25, -0.2) is 9.69 Å². The monoisotopic (exact) mass is 531 g/mol. The third-order valence-corrected chi connectivity index (χ3v) is 6.20. The molecule has 9 heteroatoms. The SMILES string of the molecule is CCCCOC(=O)c1ccc(NC(=O)c2ccc(NC3=C(Cl)C(=O)N(c4ccc(C)cc4)C3=O)cc2)cc1. The summed E-state index contributed by atoms with van der Waals surface area (Å²) in [6, 6.07) is 19.8. The zero-order chi connectivity index (χ0) is 27.2. The van der Waals surface area contributed by atoms with Gasteiger partial charge in [-0.3, -0.25) is 14.4 Å². The average molecular weight is 532 g/mol. The number of anilines is 3. The smallest absolute Gasteiger partial charge is 0.338 e. The van der Waals surface area contributed by atoms with Crippen LogP contribution < -0.4 is 15.5 Å². The zero-order valence-electron chi connectivity index (χ0n) is 20.9. The lowest BCUT2D eigenvalue weighted by atomic mass is 10.1. The number of nitrogens with zero attached hydrogens (tertiary/aromatic N) is 1. The van der Waals surface area contributed by atoms with Gasteiger partial charge in [-0.15, -0.1) is 0 Å². The third kappa shape index (κ3) is 5.92. The van der Waals surface area contributed by atoms with E-state index in [1.807, 2.05) is 13.8 Å². The quantitative estimate of drug-likeness (QED) is 0.210. The van der Waals surface area contributed by atoms with Gasteiger partial charge in [-0.05, 0) is 74.0 Å². The van der Waals surface area contributed by atoms with E-state index < -0.39 is 17.8 Å². The van der Waals surface area contributed by atoms with Crippen LogP contribution in [0.4, 0.5) is 17.1 Å². The molecule has 0 spiro atoms. The molecule has 0 fully saturated rings. The number of amides is 3. The van der Waals surface area contributed by atoms with Gasteiger partial charge in [0.1, 0.15) is 10.7 Å². The number of aryl methyl sites for hydroxylation is 1. The van der Waals surface area contributed by atoms with Crippen molar-refractivity contribution in [3.8, 4) is 0 Å². The lowest BCUT2D eigenvalue weighted by molar-refractivity contribution is -0.120. The summed E-state index contributed by atoms with van der Waals surface area (Å²) in [4.78, 5) is 51.3. The molecule has 0 bridgehead atoms. The highest BCUT2D eigenvalue weighted by atomic mass is 35.5. The fraction of sp³-hybridized carbons (Fsp3) is 0.172. The Bertz CT molecular complexity index is 1400. The molecule has 8 nitrogen and oxygen atoms in total. The Morgan fingerprint density at radius 3 is 2.08 bits per heavy atom. The predicted octanol–water partition coefficient (Wildman–Crippen LogP) is 5.64. The molecule has 1 aliphatic rings. The largest absolute Gasteiger partial charge is 0.462 e. The molecule has 3 aromatic carbocycles. The van der Waals surface area contributed by atoms with E-state index >= 15 is 0 Å². The summed E-state index contributed by atoms with van der Waals surface area (Å²) in [7, 11) is 0. The van der Waals surface area contributed by atoms with Gasteiger partial charge < -0.3 is 15.4 Å². The molecule has 194 valence electrons. The summed E-state index contributed by atoms with van der Waals surface area (Å²) in [5, 5.41) is 5.45. The first-order chi connectivity index (χ1) is 18.3. The summed E-state index contributed by atoms with van der Waals surface area (Å²) in [6.45, 7) is 4.29. The topological polar surface area (TPSA) is 105 Å². The third-order valence-electron chi connectivity index (χ3n) is 5.85. The minimum atomic E-state index is -0.612. The molecule has 0 aromatic heterocycles. The molecule has 1 aliphatic heterocycles. The van der Waals surface area contributed by atoms with Crippen LogP contribution in [0.5, 0.6) is 0 Å². The first kappa shape index (κ1) is 26.6. The fourth-order valence-electron chi connectivity index (χ4n) is 3.67. The first-order valence-corrected chi connectivity index (χ1v) is 12.5. The Hall–Kier alpha value is -4.43. The fourth-order valence-corrected chi connectivity index (χ4v) is 3.89. The predicted molar refractivity (Wildman–Crippen MR) is 146 cm³/mol. The van der Waals surface area contributed by atoms with Crippen LogP contribution in [0.2, 0.25) is 0 Å². The maximum absolute atomic E-state index is 12.9. The number of carbonyl (C=O) groups excluding carboxylic acids is 4. The highest BCUT2D eigenvalue weighted by molar-refractivity contribution is 6.53. The van der Waals surface area contributed by atoms with E-state index in [2.05, 4.69) is 10.6 Å². The molecule has 4 rings (SSSR count). The minimum Gasteiger partial charge on any atom is -0.462 e. The van der Waals surface area contributed by atoms with Gasteiger partial charge >= 0.3 is 5.97 Å². The number of benzene rings is 3. The van der Waals surface area contributed by atoms with Crippen molar-refractivity contribution >= 4 is 52.4 Å². The summed E-state index contributed by atoms with van der Waals surface area (Å²) in [6.07, 6.45) is 1.74. The number of esters is 1. The van der Waals surface area contributed by atoms with E-state index in [4.69, 9.17) is 16.3 Å². The maximum atomic E-state index is 12.9. The molecule has 0 radical (unpaired) electrons. The number of hydrogen-bond donors (Lipinski definition) is 2. The second-order valence-corrected chi connectivity index (χ2v) is 9.07. The van der Waals surface area contributed by atoms with Crippen LogP contribution in [0, 0.1) is 6.92 Å². The van der Waals surface area contributed by atoms with Crippen molar-refractivity contribution in [3.05, 3.63) is 100 Å². The van der Waals surface area contributed by atoms with Crippen molar-refractivity contribution < 1.29 is 23.9 Å². The van der Waals surface area contributed by atoms with Gasteiger partial charge in [0.15, 0.2) is 0 Å². The molecule has 38 heavy (non-hydrogen) atoms. The van der Waals surface area contributed by atoms with Crippen LogP contribution in [0.15, 0.2) is 83.5 Å². The molecule has 1 heterocycles. The number of carbonyl (C=O) groups is 4. The minimum absolute atomic E-state index is 0.0391. The Morgan fingerprint density at radius 2 is 1.45 bits per heavy atom. The molecule has 0 unspecified atom stereocenters. The van der Waals surface area contributed by atoms with Gasteiger partial charge in [0.2, 0.25) is 0 Å². The summed E-state index contributed by atoms with van der Waals surface area (Å²) < 4.78 is 5.18. The van der Waals surface area contributed by atoms with Crippen molar-refractivity contribution in [2.24, 2.45) is 0 Å². The van der Waals surface area contributed by atoms with Crippen LogP contribution in [0.25, 0.3) is 0 Å². The molecule has 0 saturated heterocycles. The van der Waals surface area contributed by atoms with Gasteiger partial charge in [-0.2, -0.15) is 0 Å². The highest BCUT2D eigenvalue weighted by Crippen LogP contribution is 2.30. The van der Waals surface area contributed by atoms with E-state index in [0.717, 1.165) is 23.3 Å². The van der Waals surface area contributed by atoms with E-state index in [-0.39, 0.29) is 16.6 Å². The molecule has 3 amide bonds. The molecule has 3 aromatic rings. The number of unbranched alkanes of at least 4 members (excludes halogenated alkanes) is 1. The van der Waals surface area contributed by atoms with Crippen molar-refractivity contribution in [2.75, 3.05) is 22.1 Å². The highest BCUT2D eigenvalue weighted by Gasteiger charge is 2.38. The Kier molecular flexibility index (Phi) is 8.23. The maximum Gasteiger partial charge on any atom is 0.338 e. The van der Waals surface area contributed by atoms with Crippen LogP contribution in [-0.4, -0.2) is 30.3 Å². The van der Waals surface area contributed by atoms with Crippen molar-refractivity contribution in [1.82, 2.24) is 0 Å². The lowest BCUT2D eigenvalue weighted by Crippen LogP contribution is -2.32. The van der Waals surface area contributed by atoms with Gasteiger partial charge in [-0.1, -0.05) is 42.6 Å². The van der Waals surface area contributed by atoms with Crippen LogP contribution in [0.3, 0.4) is 0 Å². The number of ether oxygens (including phenoxy) is 1. The van der Waals surface area contributed by atoms with Crippen molar-refractivity contribution in [2.45, 2.75) is 26.7 Å². The van der Waals surface area contributed by atoms with E-state index in [9.17, 15) is 19.2 Å². The van der Waals surface area contributed by atoms with Crippen LogP contribution in [-0.2, 0) is 14.3 Å². The Morgan fingerprint density at radius 1 is 0.842 bits per heavy atom. The number of hydrogen-bond acceptors (Lipinski definition) is 6. The average Bonchev–Trinajstić information content (AvgIpc) is 3.13. The number of rotatable bonds is 9. The van der Waals surface area contributed by atoms with Crippen LogP contribution in [0.1, 0.15) is 46.0 Å². The summed E-state index contributed by atoms with van der Waals surface area (Å²) in [5.41, 5.74) is 3.15. The second kappa shape index (κ2) is 11.7. The van der Waals surface area contributed by atoms with E-state index in [1.54, 1.807) is 72.8 Å². The Labute approximate surface area is 225 Å². The van der Waals surface area contributed by atoms with Crippen LogP contribution >= 0.6 is 11.6 Å². The summed E-state index contributed by atoms with van der Waals surface area (Å²) in [5.74, 6) is -1.94. The van der Waals surface area contributed by atoms with Gasteiger partial charge in [0, 0.05) is 16.9 Å². The standard InChI is InChI=1S/C29H26ClN3O5/c1-3-4-17-38-29(37)20-9-13-22(14-10-20)32-26(34)19-7-11-21(12-8-19)31-25-24(30)27(35)33(28(25)36)23-15-5-18(2)6-16-23/h5-16,31H,3-4,17H2,1-2H3,(H,32,34). The van der Waals surface area contributed by atoms with E-state index in [0.29, 0.717) is 34.8 Å². The normalized spacial score (nSPS) is 13.1. The first-order valence-electron chi connectivity index (χ1n) is 12.1. The summed E-state index contributed by atoms with van der Waals surface area (Å²) >= 11 is 6.20.